The van der Waals surface area contributed by atoms with Gasteiger partial charge in [-0.2, -0.15) is 18.4 Å². The van der Waals surface area contributed by atoms with Crippen LogP contribution in [-0.4, -0.2) is 41.7 Å². The lowest BCUT2D eigenvalue weighted by molar-refractivity contribution is -0.138. The molecule has 4 N–H and O–H groups in total. The molecular formula is C26H24F3N5O4. The van der Waals surface area contributed by atoms with Crippen LogP contribution in [0.3, 0.4) is 0 Å². The number of benzene rings is 2. The van der Waals surface area contributed by atoms with E-state index in [9.17, 15) is 28.0 Å². The number of guanidine groups is 1. The fourth-order valence-electron chi connectivity index (χ4n) is 4.19. The van der Waals surface area contributed by atoms with Crippen LogP contribution in [0.5, 0.6) is 0 Å². The van der Waals surface area contributed by atoms with E-state index in [2.05, 4.69) is 0 Å². The third-order valence-electron chi connectivity index (χ3n) is 5.87. The molecule has 1 atom stereocenters. The topological polar surface area (TPSA) is 144 Å². The third-order valence-corrected chi connectivity index (χ3v) is 5.87. The molecule has 1 aliphatic rings. The number of allylic oxidation sites excluding steroid dienone is 1. The van der Waals surface area contributed by atoms with Gasteiger partial charge in [0.2, 0.25) is 5.96 Å². The molecular weight excluding hydrogens is 503 g/mol. The molecule has 3 rings (SSSR count). The number of halogens is 3. The molecule has 0 aromatic heterocycles. The monoisotopic (exact) mass is 527 g/mol. The van der Waals surface area contributed by atoms with E-state index in [-0.39, 0.29) is 35.5 Å². The number of esters is 1. The van der Waals surface area contributed by atoms with Crippen molar-refractivity contribution in [1.29, 1.82) is 10.7 Å². The molecule has 0 aliphatic carbocycles. The number of aliphatic hydroxyl groups excluding tert-OH is 1. The highest BCUT2D eigenvalue weighted by atomic mass is 19.4. The molecule has 1 heterocycles. The first-order valence-corrected chi connectivity index (χ1v) is 11.2. The van der Waals surface area contributed by atoms with Crippen LogP contribution >= 0.6 is 0 Å². The Morgan fingerprint density at radius 3 is 2.55 bits per heavy atom. The number of urea groups is 1. The number of alkyl halides is 3. The molecule has 1 aliphatic heterocycles. The van der Waals surface area contributed by atoms with Crippen LogP contribution in [0.25, 0.3) is 6.08 Å². The number of carbonyl (C=O) groups is 2. The summed E-state index contributed by atoms with van der Waals surface area (Å²) in [5.41, 5.74) is 5.38. The van der Waals surface area contributed by atoms with E-state index in [0.29, 0.717) is 11.1 Å². The zero-order chi connectivity index (χ0) is 28.2. The number of aliphatic hydroxyl groups is 1. The maximum Gasteiger partial charge on any atom is 0.416 e. The number of methoxy groups -OCH3 is 1. The fourth-order valence-corrected chi connectivity index (χ4v) is 4.19. The molecule has 0 bridgehead atoms. The van der Waals surface area contributed by atoms with Crippen molar-refractivity contribution >= 4 is 29.7 Å². The molecule has 2 aromatic rings. The summed E-state index contributed by atoms with van der Waals surface area (Å²) in [6.45, 7) is 1.26. The van der Waals surface area contributed by atoms with E-state index in [1.54, 1.807) is 12.2 Å². The van der Waals surface area contributed by atoms with Crippen molar-refractivity contribution < 1.29 is 32.6 Å². The van der Waals surface area contributed by atoms with Crippen molar-refractivity contribution in [3.63, 3.8) is 0 Å². The van der Waals surface area contributed by atoms with Gasteiger partial charge in [-0.15, -0.1) is 0 Å². The van der Waals surface area contributed by atoms with Crippen LogP contribution in [0.15, 0.2) is 59.8 Å². The van der Waals surface area contributed by atoms with Crippen molar-refractivity contribution in [2.75, 3.05) is 18.6 Å². The Labute approximate surface area is 216 Å². The predicted octanol–water partition coefficient (Wildman–Crippen LogP) is 4.30. The Bertz CT molecular complexity index is 1380. The van der Waals surface area contributed by atoms with Gasteiger partial charge < -0.3 is 15.6 Å². The van der Waals surface area contributed by atoms with E-state index in [1.807, 2.05) is 6.07 Å². The van der Waals surface area contributed by atoms with Crippen molar-refractivity contribution in [3.05, 3.63) is 82.1 Å². The number of nitriles is 1. The highest BCUT2D eigenvalue weighted by Crippen LogP contribution is 2.42. The molecule has 0 spiro atoms. The van der Waals surface area contributed by atoms with E-state index in [4.69, 9.17) is 21.0 Å². The van der Waals surface area contributed by atoms with Crippen LogP contribution < -0.4 is 10.6 Å². The van der Waals surface area contributed by atoms with E-state index in [0.717, 1.165) is 35.1 Å². The SMILES string of the molecule is COC(=O)C1=C(C)N(c2cccc(C(F)(F)F)c2)C(=N)N(C(N)=O)C1c1ccc(C#N)cc1C=CCCO. The zero-order valence-electron chi connectivity index (χ0n) is 20.4. The number of nitrogens with two attached hydrogens (primary N) is 1. The van der Waals surface area contributed by atoms with Gasteiger partial charge >= 0.3 is 18.2 Å². The average Bonchev–Trinajstić information content (AvgIpc) is 2.87. The standard InChI is InChI=1S/C26H24F3N5O4/c1-15-21(23(36)38-2)22(20-10-9-16(14-30)12-17(20)6-3-4-11-35)34(25(32)37)24(31)33(15)19-8-5-7-18(13-19)26(27,28)29/h3,5-10,12-13,22,31,35H,4,11H2,1-2H3,(H2,32,37). The number of carbonyl (C=O) groups excluding carboxylic acids is 2. The highest BCUT2D eigenvalue weighted by Gasteiger charge is 2.44. The quantitative estimate of drug-likeness (QED) is 0.478. The maximum atomic E-state index is 13.4. The number of hydrogen-bond donors (Lipinski definition) is 3. The van der Waals surface area contributed by atoms with Gasteiger partial charge in [0, 0.05) is 18.0 Å². The van der Waals surface area contributed by atoms with Crippen LogP contribution in [-0.2, 0) is 15.7 Å². The Morgan fingerprint density at radius 1 is 1.26 bits per heavy atom. The summed E-state index contributed by atoms with van der Waals surface area (Å²) in [5, 5.41) is 27.3. The summed E-state index contributed by atoms with van der Waals surface area (Å²) in [6, 6.07) is 8.05. The average molecular weight is 528 g/mol. The van der Waals surface area contributed by atoms with Gasteiger partial charge in [0.05, 0.1) is 29.9 Å². The first-order valence-electron chi connectivity index (χ1n) is 11.2. The molecule has 0 radical (unpaired) electrons. The molecule has 12 heteroatoms. The first-order chi connectivity index (χ1) is 18.0. The highest BCUT2D eigenvalue weighted by molar-refractivity contribution is 6.10. The zero-order valence-corrected chi connectivity index (χ0v) is 20.4. The largest absolute Gasteiger partial charge is 0.466 e. The van der Waals surface area contributed by atoms with Gasteiger partial charge in [0.1, 0.15) is 6.04 Å². The molecule has 0 saturated heterocycles. The Morgan fingerprint density at radius 2 is 1.97 bits per heavy atom. The molecule has 38 heavy (non-hydrogen) atoms. The number of nitrogens with one attached hydrogen (secondary N) is 1. The number of amides is 2. The Hall–Kier alpha value is -4.63. The summed E-state index contributed by atoms with van der Waals surface area (Å²) in [5.74, 6) is -1.50. The van der Waals surface area contributed by atoms with Crippen LogP contribution in [0.4, 0.5) is 23.7 Å². The third kappa shape index (κ3) is 5.37. The number of ether oxygens (including phenoxy) is 1. The smallest absolute Gasteiger partial charge is 0.416 e. The number of primary amides is 1. The molecule has 1 unspecified atom stereocenters. The summed E-state index contributed by atoms with van der Waals surface area (Å²) >= 11 is 0. The van der Waals surface area contributed by atoms with Crippen molar-refractivity contribution in [3.8, 4) is 6.07 Å². The van der Waals surface area contributed by atoms with Crippen molar-refractivity contribution in [2.45, 2.75) is 25.6 Å². The normalized spacial score (nSPS) is 16.1. The molecule has 198 valence electrons. The molecule has 2 aromatic carbocycles. The maximum absolute atomic E-state index is 13.4. The van der Waals surface area contributed by atoms with Gasteiger partial charge in [-0.1, -0.05) is 24.3 Å². The number of rotatable bonds is 6. The van der Waals surface area contributed by atoms with Crippen LogP contribution in [0.2, 0.25) is 0 Å². The second-order valence-electron chi connectivity index (χ2n) is 8.18. The minimum Gasteiger partial charge on any atom is -0.466 e. The van der Waals surface area contributed by atoms with Gasteiger partial charge in [0.15, 0.2) is 0 Å². The van der Waals surface area contributed by atoms with E-state index >= 15 is 0 Å². The van der Waals surface area contributed by atoms with Crippen LogP contribution in [0, 0.1) is 16.7 Å². The van der Waals surface area contributed by atoms with Gasteiger partial charge in [-0.25, -0.2) is 9.59 Å². The lowest BCUT2D eigenvalue weighted by atomic mass is 9.88. The lowest BCUT2D eigenvalue weighted by Crippen LogP contribution is -2.55. The molecule has 0 saturated carbocycles. The van der Waals surface area contributed by atoms with Crippen LogP contribution in [0.1, 0.15) is 41.6 Å². The summed E-state index contributed by atoms with van der Waals surface area (Å²) < 4.78 is 45.2. The number of anilines is 1. The Kier molecular flexibility index (Phi) is 8.23. The summed E-state index contributed by atoms with van der Waals surface area (Å²) in [4.78, 5) is 27.6. The predicted molar refractivity (Wildman–Crippen MR) is 132 cm³/mol. The number of nitrogens with zero attached hydrogens (tertiary/aromatic N) is 3. The molecule has 9 nitrogen and oxygen atoms in total. The minimum absolute atomic E-state index is 0.0401. The second-order valence-corrected chi connectivity index (χ2v) is 8.18. The first kappa shape index (κ1) is 27.9. The second kappa shape index (κ2) is 11.2. The van der Waals surface area contributed by atoms with Gasteiger partial charge in [0.25, 0.3) is 0 Å². The van der Waals surface area contributed by atoms with E-state index in [1.165, 1.54) is 31.2 Å². The minimum atomic E-state index is -4.68. The number of hydrogen-bond acceptors (Lipinski definition) is 6. The fraction of sp³-hybridized carbons (Fsp3) is 0.231. The van der Waals surface area contributed by atoms with Gasteiger partial charge in [-0.3, -0.25) is 15.2 Å². The molecule has 0 fully saturated rings. The lowest BCUT2D eigenvalue weighted by Gasteiger charge is -2.43. The van der Waals surface area contributed by atoms with Crippen molar-refractivity contribution in [1.82, 2.24) is 4.90 Å². The Balaban J connectivity index is 2.35. The van der Waals surface area contributed by atoms with E-state index < -0.39 is 35.7 Å². The molecule has 2 amide bonds. The summed E-state index contributed by atoms with van der Waals surface area (Å²) in [6.07, 6.45) is -1.20. The van der Waals surface area contributed by atoms with Gasteiger partial charge in [-0.05, 0) is 54.8 Å². The summed E-state index contributed by atoms with van der Waals surface area (Å²) in [7, 11) is 1.10. The van der Waals surface area contributed by atoms with Crippen molar-refractivity contribution in [2.24, 2.45) is 5.73 Å².